The number of hydrogen-bond donors (Lipinski definition) is 0. The summed E-state index contributed by atoms with van der Waals surface area (Å²) in [5.41, 5.74) is 0. The van der Waals surface area contributed by atoms with Crippen molar-refractivity contribution in [3.63, 3.8) is 0 Å². The molecule has 0 radical (unpaired) electrons. The van der Waals surface area contributed by atoms with Crippen molar-refractivity contribution in [3.8, 4) is 0 Å². The van der Waals surface area contributed by atoms with Crippen LogP contribution in [0.3, 0.4) is 0 Å². The number of nitrogens with zero attached hydrogens (tertiary/aromatic N) is 2. The summed E-state index contributed by atoms with van der Waals surface area (Å²) in [5, 5.41) is 0. The number of rotatable bonds is 8. The molecule has 0 N–H and O–H groups in total. The Labute approximate surface area is 255 Å². The molecule has 6 saturated carbocycles. The molecule has 2 nitrogen and oxygen atoms in total. The van der Waals surface area contributed by atoms with E-state index in [2.05, 4.69) is 28.9 Å². The van der Waals surface area contributed by atoms with E-state index in [0.29, 0.717) is 0 Å². The highest BCUT2D eigenvalue weighted by Crippen LogP contribution is 2.44. The second kappa shape index (κ2) is 15.6. The lowest BCUT2D eigenvalue weighted by Crippen LogP contribution is -2.53. The lowest BCUT2D eigenvalue weighted by molar-refractivity contribution is -0.00607. The lowest BCUT2D eigenvalue weighted by Gasteiger charge is -2.50. The van der Waals surface area contributed by atoms with E-state index in [4.69, 9.17) is 0 Å². The molecule has 6 fully saturated rings. The summed E-state index contributed by atoms with van der Waals surface area (Å²) in [4.78, 5) is 6.39. The van der Waals surface area contributed by atoms with Crippen LogP contribution in [0, 0.1) is 17.8 Å². The van der Waals surface area contributed by atoms with E-state index in [0.717, 1.165) is 54.0 Å². The van der Waals surface area contributed by atoms with E-state index in [1.165, 1.54) is 148 Å². The Balaban J connectivity index is 1.02. The van der Waals surface area contributed by atoms with Gasteiger partial charge in [-0.15, -0.1) is 0 Å². The normalized spacial score (nSPS) is 37.7. The first kappa shape index (κ1) is 30.7. The molecule has 2 heteroatoms. The van der Waals surface area contributed by atoms with Crippen molar-refractivity contribution in [3.05, 3.63) is 12.2 Å². The molecule has 0 spiro atoms. The van der Waals surface area contributed by atoms with Crippen LogP contribution in [0.2, 0.25) is 0 Å². The minimum absolute atomic E-state index is 0.863. The van der Waals surface area contributed by atoms with Gasteiger partial charge >= 0.3 is 0 Å². The molecule has 0 aromatic rings. The maximum absolute atomic E-state index is 3.20. The van der Waals surface area contributed by atoms with Crippen LogP contribution < -0.4 is 0 Å². The Morgan fingerprint density at radius 3 is 0.951 bits per heavy atom. The fraction of sp³-hybridized carbons (Fsp3) is 0.949. The van der Waals surface area contributed by atoms with Crippen molar-refractivity contribution in [2.75, 3.05) is 0 Å². The predicted octanol–water partition coefficient (Wildman–Crippen LogP) is 10.8. The molecule has 0 bridgehead atoms. The van der Waals surface area contributed by atoms with Crippen LogP contribution in [-0.2, 0) is 0 Å². The Hall–Kier alpha value is -0.340. The average molecular weight is 565 g/mol. The zero-order chi connectivity index (χ0) is 27.9. The zero-order valence-corrected chi connectivity index (χ0v) is 27.3. The van der Waals surface area contributed by atoms with Gasteiger partial charge in [0.25, 0.3) is 0 Å². The summed E-state index contributed by atoms with van der Waals surface area (Å²) in [6.45, 7) is 2.22. The molecule has 0 aliphatic heterocycles. The second-order valence-electron chi connectivity index (χ2n) is 16.0. The summed E-state index contributed by atoms with van der Waals surface area (Å²) >= 11 is 0. The van der Waals surface area contributed by atoms with Crippen molar-refractivity contribution in [2.45, 2.75) is 217 Å². The van der Waals surface area contributed by atoms with Crippen molar-refractivity contribution >= 4 is 0 Å². The molecule has 6 aliphatic carbocycles. The van der Waals surface area contributed by atoms with Gasteiger partial charge in [0.15, 0.2) is 0 Å². The molecule has 6 aliphatic rings. The molecule has 41 heavy (non-hydrogen) atoms. The molecule has 0 amide bonds. The minimum atomic E-state index is 0.863. The molecule has 0 unspecified atom stereocenters. The van der Waals surface area contributed by atoms with Gasteiger partial charge in [-0.3, -0.25) is 9.80 Å². The van der Waals surface area contributed by atoms with Crippen molar-refractivity contribution < 1.29 is 0 Å². The Bertz CT molecular complexity index is 730. The van der Waals surface area contributed by atoms with E-state index in [9.17, 15) is 0 Å². The van der Waals surface area contributed by atoms with Gasteiger partial charge in [0.05, 0.1) is 0 Å². The van der Waals surface area contributed by atoms with E-state index in [-0.39, 0.29) is 0 Å². The first-order valence-corrected chi connectivity index (χ1v) is 19.5. The van der Waals surface area contributed by atoms with Crippen molar-refractivity contribution in [1.29, 1.82) is 0 Å². The number of hydrogen-bond acceptors (Lipinski definition) is 2. The molecule has 6 rings (SSSR count). The van der Waals surface area contributed by atoms with Crippen LogP contribution in [0.15, 0.2) is 12.2 Å². The maximum atomic E-state index is 3.20. The monoisotopic (exact) mass is 565 g/mol. The highest BCUT2D eigenvalue weighted by atomic mass is 15.2. The molecule has 0 aromatic heterocycles. The van der Waals surface area contributed by atoms with Gasteiger partial charge in [-0.25, -0.2) is 0 Å². The SMILES string of the molecule is CC=CC1CCC(N(C2CCCCC2)C2CCC(C3CCC(N(C4CCCCC4)C4CCCCC4)CC3)CC2)CC1. The smallest absolute Gasteiger partial charge is 0.0102 e. The Kier molecular flexibility index (Phi) is 11.7. The fourth-order valence-electron chi connectivity index (χ4n) is 11.5. The molecule has 0 atom stereocenters. The van der Waals surface area contributed by atoms with Gasteiger partial charge in [0.2, 0.25) is 0 Å². The van der Waals surface area contributed by atoms with Crippen LogP contribution in [0.5, 0.6) is 0 Å². The lowest BCUT2D eigenvalue weighted by atomic mass is 9.70. The quantitative estimate of drug-likeness (QED) is 0.271. The van der Waals surface area contributed by atoms with Crippen molar-refractivity contribution in [1.82, 2.24) is 9.80 Å². The van der Waals surface area contributed by atoms with Crippen LogP contribution >= 0.6 is 0 Å². The van der Waals surface area contributed by atoms with Gasteiger partial charge in [-0.05, 0) is 140 Å². The van der Waals surface area contributed by atoms with E-state index < -0.39 is 0 Å². The van der Waals surface area contributed by atoms with Crippen LogP contribution in [0.4, 0.5) is 0 Å². The minimum Gasteiger partial charge on any atom is -0.294 e. The molecular formula is C39H68N2. The number of allylic oxidation sites excluding steroid dienone is 2. The highest BCUT2D eigenvalue weighted by Gasteiger charge is 2.40. The summed E-state index contributed by atoms with van der Waals surface area (Å²) in [7, 11) is 0. The third-order valence-corrected chi connectivity index (χ3v) is 13.6. The fourth-order valence-corrected chi connectivity index (χ4v) is 11.5. The predicted molar refractivity (Wildman–Crippen MR) is 176 cm³/mol. The first-order valence-electron chi connectivity index (χ1n) is 19.5. The maximum Gasteiger partial charge on any atom is 0.0102 e. The molecule has 234 valence electrons. The molecular weight excluding hydrogens is 496 g/mol. The van der Waals surface area contributed by atoms with Crippen LogP contribution in [-0.4, -0.2) is 46.1 Å². The molecule has 0 saturated heterocycles. The molecule has 0 aromatic carbocycles. The zero-order valence-electron chi connectivity index (χ0n) is 27.3. The van der Waals surface area contributed by atoms with E-state index in [1.807, 2.05) is 0 Å². The topological polar surface area (TPSA) is 6.48 Å². The van der Waals surface area contributed by atoms with Gasteiger partial charge in [-0.1, -0.05) is 69.9 Å². The summed E-state index contributed by atoms with van der Waals surface area (Å²) < 4.78 is 0. The second-order valence-corrected chi connectivity index (χ2v) is 16.0. The summed E-state index contributed by atoms with van der Waals surface area (Å²) in [6, 6.07) is 5.50. The third kappa shape index (κ3) is 7.85. The molecule has 0 heterocycles. The average Bonchev–Trinajstić information content (AvgIpc) is 3.05. The highest BCUT2D eigenvalue weighted by molar-refractivity contribution is 4.97. The standard InChI is InChI=1S/C39H68N2/c1-2-12-31-19-25-37(26-20-31)41(36-17-10-5-11-18-36)39-29-23-33(24-30-39)32-21-27-38(28-22-32)40(34-13-6-3-7-14-34)35-15-8-4-9-16-35/h2,12,31-39H,3-11,13-30H2,1H3. The Morgan fingerprint density at radius 2 is 0.634 bits per heavy atom. The largest absolute Gasteiger partial charge is 0.294 e. The Morgan fingerprint density at radius 1 is 0.341 bits per heavy atom. The van der Waals surface area contributed by atoms with Gasteiger partial charge < -0.3 is 0 Å². The third-order valence-electron chi connectivity index (χ3n) is 13.6. The van der Waals surface area contributed by atoms with Crippen LogP contribution in [0.25, 0.3) is 0 Å². The van der Waals surface area contributed by atoms with Crippen molar-refractivity contribution in [2.24, 2.45) is 17.8 Å². The first-order chi connectivity index (χ1) is 20.3. The van der Waals surface area contributed by atoms with Gasteiger partial charge in [-0.2, -0.15) is 0 Å². The van der Waals surface area contributed by atoms with E-state index >= 15 is 0 Å². The summed E-state index contributed by atoms with van der Waals surface area (Å²) in [5.74, 6) is 2.96. The van der Waals surface area contributed by atoms with Crippen LogP contribution in [0.1, 0.15) is 180 Å². The summed E-state index contributed by atoms with van der Waals surface area (Å²) in [6.07, 6.45) is 45.4. The van der Waals surface area contributed by atoms with E-state index in [1.54, 1.807) is 25.7 Å². The van der Waals surface area contributed by atoms with Gasteiger partial charge in [0, 0.05) is 36.3 Å². The van der Waals surface area contributed by atoms with Gasteiger partial charge in [0.1, 0.15) is 0 Å².